The minimum atomic E-state index is -0.476. The molecule has 0 heterocycles. The Morgan fingerprint density at radius 2 is 1.85 bits per heavy atom. The lowest BCUT2D eigenvalue weighted by molar-refractivity contribution is -0.146. The number of nitrogens with one attached hydrogen (secondary N) is 1. The Hall–Kier alpha value is -1.88. The van der Waals surface area contributed by atoms with Crippen LogP contribution in [0.3, 0.4) is 0 Å². The normalized spacial score (nSPS) is 15.0. The van der Waals surface area contributed by atoms with Crippen molar-refractivity contribution in [1.29, 1.82) is 0 Å². The van der Waals surface area contributed by atoms with Crippen molar-refractivity contribution in [2.75, 3.05) is 13.7 Å². The second-order valence-corrected chi connectivity index (χ2v) is 4.85. The molecule has 0 spiro atoms. The van der Waals surface area contributed by atoms with E-state index in [1.165, 1.54) is 7.11 Å². The minimum absolute atomic E-state index is 0.169. The number of nitrogens with two attached hydrogens (primary N) is 1. The van der Waals surface area contributed by atoms with E-state index in [0.29, 0.717) is 0 Å². The smallest absolute Gasteiger partial charge is 0.310 e. The zero-order chi connectivity index (χ0) is 15.1. The van der Waals surface area contributed by atoms with Crippen LogP contribution >= 0.6 is 0 Å². The summed E-state index contributed by atoms with van der Waals surface area (Å²) in [5.74, 6) is -1.31. The molecule has 3 N–H and O–H groups in total. The maximum atomic E-state index is 12.0. The summed E-state index contributed by atoms with van der Waals surface area (Å²) in [7, 11) is 1.34. The van der Waals surface area contributed by atoms with Crippen LogP contribution in [0.5, 0.6) is 0 Å². The molecule has 0 fully saturated rings. The number of ether oxygens (including phenoxy) is 1. The van der Waals surface area contributed by atoms with Gasteiger partial charge in [-0.2, -0.15) is 0 Å². The molecule has 1 aromatic carbocycles. The van der Waals surface area contributed by atoms with Gasteiger partial charge in [0, 0.05) is 12.5 Å². The topological polar surface area (TPSA) is 81.4 Å². The van der Waals surface area contributed by atoms with Crippen LogP contribution in [0.4, 0.5) is 0 Å². The summed E-state index contributed by atoms with van der Waals surface area (Å²) in [4.78, 5) is 23.8. The summed E-state index contributed by atoms with van der Waals surface area (Å²) in [5, 5.41) is 2.88. The van der Waals surface area contributed by atoms with Crippen molar-refractivity contribution in [3.8, 4) is 0 Å². The Labute approximate surface area is 119 Å². The number of carbonyl (C=O) groups is 2. The van der Waals surface area contributed by atoms with Gasteiger partial charge in [0.2, 0.25) is 5.91 Å². The lowest BCUT2D eigenvalue weighted by Crippen LogP contribution is -2.40. The van der Waals surface area contributed by atoms with Gasteiger partial charge in [-0.05, 0) is 12.5 Å². The van der Waals surface area contributed by atoms with E-state index in [-0.39, 0.29) is 24.3 Å². The Kier molecular flexibility index (Phi) is 6.18. The predicted molar refractivity (Wildman–Crippen MR) is 76.7 cm³/mol. The highest BCUT2D eigenvalue weighted by Gasteiger charge is 2.28. The standard InChI is InChI=1S/C15H22N2O3/c1-10(9-16)14(18)17-13(11(2)15(19)20-3)12-7-5-4-6-8-12/h4-8,10-11,13H,9,16H2,1-3H3,(H,17,18). The molecule has 1 rings (SSSR count). The summed E-state index contributed by atoms with van der Waals surface area (Å²) < 4.78 is 4.77. The number of methoxy groups -OCH3 is 1. The van der Waals surface area contributed by atoms with Gasteiger partial charge >= 0.3 is 5.97 Å². The minimum Gasteiger partial charge on any atom is -0.469 e. The van der Waals surface area contributed by atoms with Crippen molar-refractivity contribution in [3.05, 3.63) is 35.9 Å². The molecule has 20 heavy (non-hydrogen) atoms. The lowest BCUT2D eigenvalue weighted by atomic mass is 9.93. The van der Waals surface area contributed by atoms with Crippen LogP contribution in [0, 0.1) is 11.8 Å². The summed E-state index contributed by atoms with van der Waals surface area (Å²) in [6, 6.07) is 8.93. The summed E-state index contributed by atoms with van der Waals surface area (Å²) in [5.41, 5.74) is 6.36. The van der Waals surface area contributed by atoms with Gasteiger partial charge in [-0.25, -0.2) is 0 Å². The van der Waals surface area contributed by atoms with Crippen LogP contribution in [-0.4, -0.2) is 25.5 Å². The number of rotatable bonds is 6. The van der Waals surface area contributed by atoms with Crippen LogP contribution in [-0.2, 0) is 14.3 Å². The van der Waals surface area contributed by atoms with E-state index in [1.54, 1.807) is 13.8 Å². The summed E-state index contributed by atoms with van der Waals surface area (Å²) >= 11 is 0. The second kappa shape index (κ2) is 7.65. The first-order chi connectivity index (χ1) is 9.51. The molecule has 0 bridgehead atoms. The zero-order valence-corrected chi connectivity index (χ0v) is 12.1. The lowest BCUT2D eigenvalue weighted by Gasteiger charge is -2.25. The maximum Gasteiger partial charge on any atom is 0.310 e. The Morgan fingerprint density at radius 3 is 2.35 bits per heavy atom. The second-order valence-electron chi connectivity index (χ2n) is 4.85. The molecule has 110 valence electrons. The van der Waals surface area contributed by atoms with Crippen molar-refractivity contribution >= 4 is 11.9 Å². The molecule has 0 aliphatic carbocycles. The van der Waals surface area contributed by atoms with Gasteiger partial charge in [-0.15, -0.1) is 0 Å². The molecule has 3 atom stereocenters. The van der Waals surface area contributed by atoms with Crippen molar-refractivity contribution in [3.63, 3.8) is 0 Å². The first-order valence-electron chi connectivity index (χ1n) is 6.64. The quantitative estimate of drug-likeness (QED) is 0.767. The highest BCUT2D eigenvalue weighted by atomic mass is 16.5. The summed E-state index contributed by atoms with van der Waals surface area (Å²) in [6.07, 6.45) is 0. The fraction of sp³-hybridized carbons (Fsp3) is 0.467. The predicted octanol–water partition coefficient (Wildman–Crippen LogP) is 1.25. The molecule has 0 saturated carbocycles. The number of benzene rings is 1. The number of hydrogen-bond donors (Lipinski definition) is 2. The number of esters is 1. The number of carbonyl (C=O) groups excluding carboxylic acids is 2. The van der Waals surface area contributed by atoms with Gasteiger partial charge in [0.05, 0.1) is 19.1 Å². The van der Waals surface area contributed by atoms with E-state index in [0.717, 1.165) is 5.56 Å². The fourth-order valence-corrected chi connectivity index (χ4v) is 1.88. The third-order valence-electron chi connectivity index (χ3n) is 3.33. The van der Waals surface area contributed by atoms with E-state index >= 15 is 0 Å². The third-order valence-corrected chi connectivity index (χ3v) is 3.33. The van der Waals surface area contributed by atoms with Crippen LogP contribution in [0.1, 0.15) is 25.5 Å². The van der Waals surface area contributed by atoms with Gasteiger partial charge in [-0.1, -0.05) is 37.3 Å². The molecule has 0 aromatic heterocycles. The first kappa shape index (κ1) is 16.2. The molecule has 0 aliphatic rings. The van der Waals surface area contributed by atoms with Gasteiger partial charge in [0.1, 0.15) is 0 Å². The molecule has 0 aliphatic heterocycles. The van der Waals surface area contributed by atoms with Gasteiger partial charge < -0.3 is 15.8 Å². The van der Waals surface area contributed by atoms with E-state index in [9.17, 15) is 9.59 Å². The van der Waals surface area contributed by atoms with E-state index in [4.69, 9.17) is 10.5 Å². The molecular formula is C15H22N2O3. The summed E-state index contributed by atoms with van der Waals surface area (Å²) in [6.45, 7) is 3.75. The number of amides is 1. The first-order valence-corrected chi connectivity index (χ1v) is 6.64. The van der Waals surface area contributed by atoms with Crippen molar-refractivity contribution < 1.29 is 14.3 Å². The Balaban J connectivity index is 2.96. The van der Waals surface area contributed by atoms with E-state index in [1.807, 2.05) is 30.3 Å². The van der Waals surface area contributed by atoms with Crippen molar-refractivity contribution in [1.82, 2.24) is 5.32 Å². The van der Waals surface area contributed by atoms with Gasteiger partial charge in [-0.3, -0.25) is 9.59 Å². The fourth-order valence-electron chi connectivity index (χ4n) is 1.88. The molecule has 1 aromatic rings. The third kappa shape index (κ3) is 4.06. The average molecular weight is 278 g/mol. The molecule has 0 radical (unpaired) electrons. The molecule has 5 heteroatoms. The molecule has 1 amide bonds. The van der Waals surface area contributed by atoms with Crippen LogP contribution in [0.2, 0.25) is 0 Å². The Morgan fingerprint density at radius 1 is 1.25 bits per heavy atom. The van der Waals surface area contributed by atoms with Gasteiger partial charge in [0.25, 0.3) is 0 Å². The monoisotopic (exact) mass is 278 g/mol. The average Bonchev–Trinajstić information content (AvgIpc) is 2.50. The van der Waals surface area contributed by atoms with Crippen molar-refractivity contribution in [2.24, 2.45) is 17.6 Å². The highest BCUT2D eigenvalue weighted by molar-refractivity contribution is 5.80. The Bertz CT molecular complexity index is 448. The molecule has 0 saturated heterocycles. The van der Waals surface area contributed by atoms with Crippen LogP contribution < -0.4 is 11.1 Å². The molecule has 3 unspecified atom stereocenters. The molecular weight excluding hydrogens is 256 g/mol. The van der Waals surface area contributed by atoms with E-state index < -0.39 is 12.0 Å². The highest BCUT2D eigenvalue weighted by Crippen LogP contribution is 2.23. The maximum absolute atomic E-state index is 12.0. The molecule has 5 nitrogen and oxygen atoms in total. The zero-order valence-electron chi connectivity index (χ0n) is 12.1. The van der Waals surface area contributed by atoms with Gasteiger partial charge in [0.15, 0.2) is 0 Å². The SMILES string of the molecule is COC(=O)C(C)C(NC(=O)C(C)CN)c1ccccc1. The van der Waals surface area contributed by atoms with Crippen molar-refractivity contribution in [2.45, 2.75) is 19.9 Å². The van der Waals surface area contributed by atoms with E-state index in [2.05, 4.69) is 5.32 Å². The van der Waals surface area contributed by atoms with Crippen LogP contribution in [0.25, 0.3) is 0 Å². The van der Waals surface area contributed by atoms with Crippen LogP contribution in [0.15, 0.2) is 30.3 Å². The largest absolute Gasteiger partial charge is 0.469 e. The number of hydrogen-bond acceptors (Lipinski definition) is 4.